The van der Waals surface area contributed by atoms with E-state index in [1.807, 2.05) is 0 Å². The van der Waals surface area contributed by atoms with Gasteiger partial charge in [-0.05, 0) is 50.4 Å². The molecule has 0 amide bonds. The van der Waals surface area contributed by atoms with Gasteiger partial charge in [0.25, 0.3) is 0 Å². The summed E-state index contributed by atoms with van der Waals surface area (Å²) in [5.74, 6) is 1.18. The third-order valence-electron chi connectivity index (χ3n) is 4.95. The van der Waals surface area contributed by atoms with Crippen LogP contribution in [0.15, 0.2) is 24.3 Å². The van der Waals surface area contributed by atoms with Gasteiger partial charge in [-0.25, -0.2) is 4.98 Å². The third-order valence-corrected chi connectivity index (χ3v) is 4.95. The molecule has 0 radical (unpaired) electrons. The van der Waals surface area contributed by atoms with E-state index in [0.29, 0.717) is 0 Å². The molecule has 0 spiro atoms. The molecule has 136 valence electrons. The monoisotopic (exact) mass is 341 g/mol. The number of anilines is 1. The number of aryl methyl sites for hydroxylation is 1. The van der Waals surface area contributed by atoms with Crippen molar-refractivity contribution in [2.24, 2.45) is 0 Å². The van der Waals surface area contributed by atoms with Crippen LogP contribution < -0.4 is 10.2 Å². The summed E-state index contributed by atoms with van der Waals surface area (Å²) >= 11 is 0. The van der Waals surface area contributed by atoms with E-state index in [1.54, 1.807) is 7.11 Å². The van der Waals surface area contributed by atoms with Crippen LogP contribution in [0, 0.1) is 6.92 Å². The fraction of sp³-hybridized carbons (Fsp3) is 0.571. The average molecular weight is 341 g/mol. The van der Waals surface area contributed by atoms with E-state index in [9.17, 15) is 0 Å². The van der Waals surface area contributed by atoms with E-state index in [2.05, 4.69) is 41.4 Å². The molecule has 0 unspecified atom stereocenters. The van der Waals surface area contributed by atoms with Crippen molar-refractivity contribution in [2.75, 3.05) is 38.3 Å². The van der Waals surface area contributed by atoms with E-state index in [-0.39, 0.29) is 0 Å². The summed E-state index contributed by atoms with van der Waals surface area (Å²) in [5.41, 5.74) is 3.70. The van der Waals surface area contributed by atoms with Gasteiger partial charge in [-0.1, -0.05) is 25.0 Å². The zero-order chi connectivity index (χ0) is 17.5. The molecule has 1 aliphatic rings. The zero-order valence-corrected chi connectivity index (χ0v) is 15.7. The average Bonchev–Trinajstić information content (AvgIpc) is 2.90. The van der Waals surface area contributed by atoms with Gasteiger partial charge in [-0.2, -0.15) is 0 Å². The Morgan fingerprint density at radius 2 is 1.92 bits per heavy atom. The highest BCUT2D eigenvalue weighted by Crippen LogP contribution is 2.26. The molecule has 1 fully saturated rings. The Labute approximate surface area is 151 Å². The van der Waals surface area contributed by atoms with Crippen LogP contribution >= 0.6 is 0 Å². The van der Waals surface area contributed by atoms with Crippen LogP contribution in [0.3, 0.4) is 0 Å². The SMILES string of the molecule is COCCCNCc1cc2ccc(C)cc2nc1N1CCCCCC1. The van der Waals surface area contributed by atoms with Crippen molar-refractivity contribution in [1.29, 1.82) is 0 Å². The topological polar surface area (TPSA) is 37.4 Å². The predicted molar refractivity (Wildman–Crippen MR) is 105 cm³/mol. The number of nitrogens with one attached hydrogen (secondary N) is 1. The van der Waals surface area contributed by atoms with Gasteiger partial charge in [0.15, 0.2) is 0 Å². The molecule has 2 heterocycles. The van der Waals surface area contributed by atoms with Crippen LogP contribution in [0.2, 0.25) is 0 Å². The minimum Gasteiger partial charge on any atom is -0.385 e. The Balaban J connectivity index is 1.85. The quantitative estimate of drug-likeness (QED) is 0.771. The van der Waals surface area contributed by atoms with Crippen LogP contribution in [0.4, 0.5) is 5.82 Å². The van der Waals surface area contributed by atoms with E-state index < -0.39 is 0 Å². The van der Waals surface area contributed by atoms with Gasteiger partial charge < -0.3 is 15.0 Å². The second-order valence-electron chi connectivity index (χ2n) is 7.09. The third kappa shape index (κ3) is 4.93. The number of hydrogen-bond donors (Lipinski definition) is 1. The van der Waals surface area contributed by atoms with Crippen molar-refractivity contribution >= 4 is 16.7 Å². The Morgan fingerprint density at radius 1 is 1.12 bits per heavy atom. The maximum absolute atomic E-state index is 5.14. The molecule has 1 saturated heterocycles. The molecular formula is C21H31N3O. The summed E-state index contributed by atoms with van der Waals surface area (Å²) < 4.78 is 5.14. The standard InChI is InChI=1S/C21H31N3O/c1-17-8-9-18-15-19(16-22-10-7-13-25-2)21(23-20(18)14-17)24-11-5-3-4-6-12-24/h8-9,14-15,22H,3-7,10-13,16H2,1-2H3. The fourth-order valence-corrected chi connectivity index (χ4v) is 3.56. The lowest BCUT2D eigenvalue weighted by Gasteiger charge is -2.25. The van der Waals surface area contributed by atoms with Gasteiger partial charge in [0.05, 0.1) is 5.52 Å². The number of pyridine rings is 1. The van der Waals surface area contributed by atoms with Gasteiger partial charge in [-0.15, -0.1) is 0 Å². The van der Waals surface area contributed by atoms with Crippen molar-refractivity contribution < 1.29 is 4.74 Å². The minimum atomic E-state index is 0.807. The number of hydrogen-bond acceptors (Lipinski definition) is 4. The summed E-state index contributed by atoms with van der Waals surface area (Å²) in [4.78, 5) is 7.58. The smallest absolute Gasteiger partial charge is 0.133 e. The predicted octanol–water partition coefficient (Wildman–Crippen LogP) is 4.05. The molecule has 0 aliphatic carbocycles. The number of ether oxygens (including phenoxy) is 1. The van der Waals surface area contributed by atoms with Crippen LogP contribution in [-0.2, 0) is 11.3 Å². The molecule has 1 aliphatic heterocycles. The van der Waals surface area contributed by atoms with E-state index in [1.165, 1.54) is 48.0 Å². The summed E-state index contributed by atoms with van der Waals surface area (Å²) in [5, 5.41) is 4.80. The van der Waals surface area contributed by atoms with Gasteiger partial charge >= 0.3 is 0 Å². The second-order valence-corrected chi connectivity index (χ2v) is 7.09. The summed E-state index contributed by atoms with van der Waals surface area (Å²) in [6, 6.07) is 8.89. The minimum absolute atomic E-state index is 0.807. The van der Waals surface area contributed by atoms with E-state index in [0.717, 1.165) is 44.7 Å². The Morgan fingerprint density at radius 3 is 2.68 bits per heavy atom. The van der Waals surface area contributed by atoms with E-state index >= 15 is 0 Å². The summed E-state index contributed by atoms with van der Waals surface area (Å²) in [6.07, 6.45) is 6.26. The van der Waals surface area contributed by atoms with Crippen molar-refractivity contribution in [3.05, 3.63) is 35.4 Å². The first kappa shape index (κ1) is 18.2. The maximum Gasteiger partial charge on any atom is 0.133 e. The summed E-state index contributed by atoms with van der Waals surface area (Å²) in [6.45, 7) is 7.03. The highest BCUT2D eigenvalue weighted by molar-refractivity contribution is 5.82. The molecule has 3 rings (SSSR count). The van der Waals surface area contributed by atoms with E-state index in [4.69, 9.17) is 9.72 Å². The molecule has 4 heteroatoms. The largest absolute Gasteiger partial charge is 0.385 e. The van der Waals surface area contributed by atoms with Crippen molar-refractivity contribution in [1.82, 2.24) is 10.3 Å². The van der Waals surface area contributed by atoms with Crippen molar-refractivity contribution in [2.45, 2.75) is 45.6 Å². The lowest BCUT2D eigenvalue weighted by atomic mass is 10.1. The number of nitrogens with zero attached hydrogens (tertiary/aromatic N) is 2. The lowest BCUT2D eigenvalue weighted by Crippen LogP contribution is -2.27. The van der Waals surface area contributed by atoms with Gasteiger partial charge in [0.1, 0.15) is 5.82 Å². The molecule has 0 atom stereocenters. The van der Waals surface area contributed by atoms with Crippen LogP contribution in [0.5, 0.6) is 0 Å². The van der Waals surface area contributed by atoms with Crippen LogP contribution in [0.25, 0.3) is 10.9 Å². The summed E-state index contributed by atoms with van der Waals surface area (Å²) in [7, 11) is 1.76. The first-order valence-corrected chi connectivity index (χ1v) is 9.63. The molecule has 25 heavy (non-hydrogen) atoms. The number of aromatic nitrogens is 1. The number of fused-ring (bicyclic) bond motifs is 1. The number of methoxy groups -OCH3 is 1. The molecule has 1 aromatic heterocycles. The van der Waals surface area contributed by atoms with Crippen LogP contribution in [-0.4, -0.2) is 38.3 Å². The molecule has 1 N–H and O–H groups in total. The number of benzene rings is 1. The zero-order valence-electron chi connectivity index (χ0n) is 15.7. The first-order chi connectivity index (χ1) is 12.3. The lowest BCUT2D eigenvalue weighted by molar-refractivity contribution is 0.194. The van der Waals surface area contributed by atoms with Crippen LogP contribution in [0.1, 0.15) is 43.2 Å². The first-order valence-electron chi connectivity index (χ1n) is 9.63. The van der Waals surface area contributed by atoms with Crippen molar-refractivity contribution in [3.8, 4) is 0 Å². The Bertz CT molecular complexity index is 678. The molecule has 0 bridgehead atoms. The highest BCUT2D eigenvalue weighted by atomic mass is 16.5. The second kappa shape index (κ2) is 9.16. The Kier molecular flexibility index (Phi) is 6.65. The molecule has 4 nitrogen and oxygen atoms in total. The Hall–Kier alpha value is -1.65. The maximum atomic E-state index is 5.14. The molecule has 0 saturated carbocycles. The van der Waals surface area contributed by atoms with Crippen molar-refractivity contribution in [3.63, 3.8) is 0 Å². The fourth-order valence-electron chi connectivity index (χ4n) is 3.56. The number of rotatable bonds is 7. The highest BCUT2D eigenvalue weighted by Gasteiger charge is 2.16. The molecule has 2 aromatic rings. The normalized spacial score (nSPS) is 15.5. The molecular weight excluding hydrogens is 310 g/mol. The molecule has 1 aromatic carbocycles. The van der Waals surface area contributed by atoms with Gasteiger partial charge in [0.2, 0.25) is 0 Å². The van der Waals surface area contributed by atoms with Gasteiger partial charge in [0, 0.05) is 44.3 Å². The van der Waals surface area contributed by atoms with Gasteiger partial charge in [-0.3, -0.25) is 0 Å².